The number of amides is 1. The summed E-state index contributed by atoms with van der Waals surface area (Å²) in [5.41, 5.74) is 1.18. The van der Waals surface area contributed by atoms with Crippen LogP contribution in [0, 0.1) is 5.92 Å². The smallest absolute Gasteiger partial charge is 0.207 e. The molecule has 1 aromatic rings. The SMILES string of the molecule is C[C@H]1CCCN1Cc1ccc(OC2CC(CNC=O)C2)cc1Cl. The Labute approximate surface area is 143 Å². The summed E-state index contributed by atoms with van der Waals surface area (Å²) in [6.45, 7) is 5.11. The molecule has 1 aliphatic carbocycles. The first-order valence-electron chi connectivity index (χ1n) is 8.52. The molecule has 1 heterocycles. The van der Waals surface area contributed by atoms with E-state index < -0.39 is 0 Å². The molecule has 0 bridgehead atoms. The van der Waals surface area contributed by atoms with Crippen LogP contribution in [0.2, 0.25) is 5.02 Å². The van der Waals surface area contributed by atoms with Crippen molar-refractivity contribution in [3.63, 3.8) is 0 Å². The monoisotopic (exact) mass is 336 g/mol. The first-order valence-corrected chi connectivity index (χ1v) is 8.89. The molecule has 5 heteroatoms. The molecule has 2 aliphatic rings. The Balaban J connectivity index is 1.50. The summed E-state index contributed by atoms with van der Waals surface area (Å²) >= 11 is 6.44. The topological polar surface area (TPSA) is 41.6 Å². The van der Waals surface area contributed by atoms with E-state index in [-0.39, 0.29) is 6.10 Å². The summed E-state index contributed by atoms with van der Waals surface area (Å²) in [5, 5.41) is 3.52. The van der Waals surface area contributed by atoms with Crippen LogP contribution < -0.4 is 10.1 Å². The van der Waals surface area contributed by atoms with Gasteiger partial charge in [0.05, 0.1) is 6.10 Å². The molecule has 1 saturated carbocycles. The highest BCUT2D eigenvalue weighted by Gasteiger charge is 2.30. The highest BCUT2D eigenvalue weighted by atomic mass is 35.5. The number of nitrogens with one attached hydrogen (secondary N) is 1. The van der Waals surface area contributed by atoms with Crippen LogP contribution in [0.25, 0.3) is 0 Å². The molecular weight excluding hydrogens is 312 g/mol. The Hall–Kier alpha value is -1.26. The van der Waals surface area contributed by atoms with E-state index in [2.05, 4.69) is 23.2 Å². The van der Waals surface area contributed by atoms with Crippen LogP contribution in [-0.2, 0) is 11.3 Å². The lowest BCUT2D eigenvalue weighted by molar-refractivity contribution is -0.110. The first-order chi connectivity index (χ1) is 11.2. The molecule has 4 nitrogen and oxygen atoms in total. The maximum Gasteiger partial charge on any atom is 0.207 e. The summed E-state index contributed by atoms with van der Waals surface area (Å²) in [4.78, 5) is 12.8. The minimum Gasteiger partial charge on any atom is -0.490 e. The van der Waals surface area contributed by atoms with Crippen molar-refractivity contribution in [1.29, 1.82) is 0 Å². The predicted molar refractivity (Wildman–Crippen MR) is 91.8 cm³/mol. The molecule has 23 heavy (non-hydrogen) atoms. The molecule has 0 unspecified atom stereocenters. The molecule has 0 radical (unpaired) electrons. The number of likely N-dealkylation sites (tertiary alicyclic amines) is 1. The van der Waals surface area contributed by atoms with Crippen molar-refractivity contribution in [2.45, 2.75) is 51.3 Å². The molecule has 1 aliphatic heterocycles. The Bertz CT molecular complexity index is 546. The molecule has 0 aromatic heterocycles. The van der Waals surface area contributed by atoms with Gasteiger partial charge in [0.25, 0.3) is 0 Å². The average molecular weight is 337 g/mol. The lowest BCUT2D eigenvalue weighted by atomic mass is 9.82. The summed E-state index contributed by atoms with van der Waals surface area (Å²) in [6.07, 6.45) is 5.54. The number of hydrogen-bond donors (Lipinski definition) is 1. The number of ether oxygens (including phenoxy) is 1. The molecule has 1 aromatic carbocycles. The van der Waals surface area contributed by atoms with Crippen molar-refractivity contribution in [3.05, 3.63) is 28.8 Å². The van der Waals surface area contributed by atoms with Crippen molar-refractivity contribution in [2.24, 2.45) is 5.92 Å². The number of halogens is 1. The van der Waals surface area contributed by atoms with Crippen LogP contribution in [-0.4, -0.2) is 36.5 Å². The standard InChI is InChI=1S/C18H25ClN2O2/c1-13-3-2-6-21(13)11-15-4-5-16(9-18(15)19)23-17-7-14(8-17)10-20-12-22/h4-5,9,12-14,17H,2-3,6-8,10-11H2,1H3,(H,20,22)/t13-,14?,17?/m0/s1. The number of benzene rings is 1. The van der Waals surface area contributed by atoms with E-state index in [1.54, 1.807) is 0 Å². The molecule has 1 amide bonds. The minimum absolute atomic E-state index is 0.244. The molecule has 1 atom stereocenters. The zero-order chi connectivity index (χ0) is 16.2. The summed E-state index contributed by atoms with van der Waals surface area (Å²) in [7, 11) is 0. The lowest BCUT2D eigenvalue weighted by Gasteiger charge is -2.35. The Morgan fingerprint density at radius 1 is 1.43 bits per heavy atom. The zero-order valence-electron chi connectivity index (χ0n) is 13.6. The van der Waals surface area contributed by atoms with E-state index in [4.69, 9.17) is 16.3 Å². The van der Waals surface area contributed by atoms with Gasteiger partial charge >= 0.3 is 0 Å². The van der Waals surface area contributed by atoms with Gasteiger partial charge in [-0.2, -0.15) is 0 Å². The van der Waals surface area contributed by atoms with Crippen molar-refractivity contribution in [2.75, 3.05) is 13.1 Å². The molecule has 1 N–H and O–H groups in total. The maximum absolute atomic E-state index is 10.3. The summed E-state index contributed by atoms with van der Waals surface area (Å²) < 4.78 is 5.97. The van der Waals surface area contributed by atoms with Gasteiger partial charge in [-0.1, -0.05) is 17.7 Å². The van der Waals surface area contributed by atoms with Crippen molar-refractivity contribution in [1.82, 2.24) is 10.2 Å². The minimum atomic E-state index is 0.244. The van der Waals surface area contributed by atoms with Gasteiger partial charge in [-0.3, -0.25) is 9.69 Å². The number of carbonyl (C=O) groups excluding carboxylic acids is 1. The summed E-state index contributed by atoms with van der Waals surface area (Å²) in [6, 6.07) is 6.70. The third-order valence-corrected chi connectivity index (χ3v) is 5.43. The first kappa shape index (κ1) is 16.6. The third kappa shape index (κ3) is 4.18. The van der Waals surface area contributed by atoms with Crippen LogP contribution in [0.15, 0.2) is 18.2 Å². The number of carbonyl (C=O) groups is 1. The number of nitrogens with zero attached hydrogens (tertiary/aromatic N) is 1. The number of hydrogen-bond acceptors (Lipinski definition) is 3. The third-order valence-electron chi connectivity index (χ3n) is 5.07. The molecule has 0 spiro atoms. The highest BCUT2D eigenvalue weighted by molar-refractivity contribution is 6.31. The molecule has 3 rings (SSSR count). The second-order valence-electron chi connectivity index (χ2n) is 6.82. The van der Waals surface area contributed by atoms with E-state index in [1.165, 1.54) is 18.4 Å². The average Bonchev–Trinajstić information content (AvgIpc) is 2.89. The van der Waals surface area contributed by atoms with E-state index in [0.29, 0.717) is 12.0 Å². The predicted octanol–water partition coefficient (Wildman–Crippen LogP) is 3.23. The lowest BCUT2D eigenvalue weighted by Crippen LogP contribution is -2.39. The van der Waals surface area contributed by atoms with E-state index in [1.807, 2.05) is 12.1 Å². The van der Waals surface area contributed by atoms with E-state index in [0.717, 1.165) is 49.7 Å². The largest absolute Gasteiger partial charge is 0.490 e. The fourth-order valence-electron chi connectivity index (χ4n) is 3.52. The van der Waals surface area contributed by atoms with Crippen molar-refractivity contribution < 1.29 is 9.53 Å². The fraction of sp³-hybridized carbons (Fsp3) is 0.611. The Morgan fingerprint density at radius 2 is 2.26 bits per heavy atom. The fourth-order valence-corrected chi connectivity index (χ4v) is 3.75. The molecule has 126 valence electrons. The van der Waals surface area contributed by atoms with Crippen LogP contribution in [0.1, 0.15) is 38.2 Å². The second kappa shape index (κ2) is 7.54. The van der Waals surface area contributed by atoms with Gasteiger partial charge in [0.1, 0.15) is 5.75 Å². The van der Waals surface area contributed by atoms with Gasteiger partial charge in [0.2, 0.25) is 6.41 Å². The van der Waals surface area contributed by atoms with Crippen LogP contribution in [0.5, 0.6) is 5.75 Å². The highest BCUT2D eigenvalue weighted by Crippen LogP contribution is 2.33. The molecule has 2 fully saturated rings. The maximum atomic E-state index is 10.3. The van der Waals surface area contributed by atoms with Gasteiger partial charge in [-0.25, -0.2) is 0 Å². The normalized spacial score (nSPS) is 27.5. The van der Waals surface area contributed by atoms with E-state index in [9.17, 15) is 4.79 Å². The Morgan fingerprint density at radius 3 is 2.91 bits per heavy atom. The van der Waals surface area contributed by atoms with Crippen molar-refractivity contribution >= 4 is 18.0 Å². The van der Waals surface area contributed by atoms with Gasteiger partial charge in [-0.05, 0) is 62.8 Å². The van der Waals surface area contributed by atoms with Crippen LogP contribution in [0.4, 0.5) is 0 Å². The van der Waals surface area contributed by atoms with E-state index >= 15 is 0 Å². The van der Waals surface area contributed by atoms with Crippen molar-refractivity contribution in [3.8, 4) is 5.75 Å². The van der Waals surface area contributed by atoms with Gasteiger partial charge < -0.3 is 10.1 Å². The number of rotatable bonds is 7. The van der Waals surface area contributed by atoms with Crippen LogP contribution >= 0.6 is 11.6 Å². The van der Waals surface area contributed by atoms with Crippen LogP contribution in [0.3, 0.4) is 0 Å². The summed E-state index contributed by atoms with van der Waals surface area (Å²) in [5.74, 6) is 1.39. The van der Waals surface area contributed by atoms with Gasteiger partial charge in [0, 0.05) is 24.2 Å². The quantitative estimate of drug-likeness (QED) is 0.777. The zero-order valence-corrected chi connectivity index (χ0v) is 14.4. The second-order valence-corrected chi connectivity index (χ2v) is 7.23. The molecule has 1 saturated heterocycles. The Kier molecular flexibility index (Phi) is 5.44. The molecular formula is C18H25ClN2O2. The van der Waals surface area contributed by atoms with Gasteiger partial charge in [-0.15, -0.1) is 0 Å². The van der Waals surface area contributed by atoms with Gasteiger partial charge in [0.15, 0.2) is 0 Å².